The van der Waals surface area contributed by atoms with E-state index < -0.39 is 10.0 Å². The Bertz CT molecular complexity index is 859. The molecule has 1 aromatic carbocycles. The van der Waals surface area contributed by atoms with Gasteiger partial charge in [-0.25, -0.2) is 13.1 Å². The van der Waals surface area contributed by atoms with E-state index in [9.17, 15) is 13.2 Å². The molecule has 0 saturated heterocycles. The lowest BCUT2D eigenvalue weighted by molar-refractivity contribution is 0.361. The van der Waals surface area contributed by atoms with Crippen LogP contribution in [0.1, 0.15) is 25.7 Å². The lowest BCUT2D eigenvalue weighted by Gasteiger charge is -2.29. The zero-order valence-electron chi connectivity index (χ0n) is 13.3. The quantitative estimate of drug-likeness (QED) is 0.874. The van der Waals surface area contributed by atoms with E-state index in [1.54, 1.807) is 30.5 Å². The smallest absolute Gasteiger partial charge is 0.255 e. The zero-order chi connectivity index (χ0) is 17.2. The largest absolute Gasteiger partial charge is 0.326 e. The Kier molecular flexibility index (Phi) is 4.84. The highest BCUT2D eigenvalue weighted by molar-refractivity contribution is 7.89. The van der Waals surface area contributed by atoms with Gasteiger partial charge in [-0.1, -0.05) is 18.9 Å². The van der Waals surface area contributed by atoms with Crippen LogP contribution in [0.2, 0.25) is 0 Å². The molecule has 3 N–H and O–H groups in total. The molecule has 2 aromatic rings. The van der Waals surface area contributed by atoms with Gasteiger partial charge in [-0.05, 0) is 43.2 Å². The monoisotopic (exact) mass is 347 g/mol. The second kappa shape index (κ2) is 6.88. The van der Waals surface area contributed by atoms with Gasteiger partial charge >= 0.3 is 0 Å². The Hall–Kier alpha value is -1.96. The average Bonchev–Trinajstić information content (AvgIpc) is 2.57. The molecule has 1 fully saturated rings. The van der Waals surface area contributed by atoms with E-state index in [-0.39, 0.29) is 22.5 Å². The molecule has 6 nitrogen and oxygen atoms in total. The van der Waals surface area contributed by atoms with Crippen molar-refractivity contribution in [1.29, 1.82) is 0 Å². The molecule has 7 heteroatoms. The molecule has 1 saturated carbocycles. The number of nitrogens with zero attached hydrogens (tertiary/aromatic N) is 1. The second-order valence-electron chi connectivity index (χ2n) is 6.08. The van der Waals surface area contributed by atoms with Crippen LogP contribution in [-0.2, 0) is 10.0 Å². The minimum atomic E-state index is -3.62. The Morgan fingerprint density at radius 3 is 2.42 bits per heavy atom. The van der Waals surface area contributed by atoms with Crippen LogP contribution in [0.3, 0.4) is 0 Å². The van der Waals surface area contributed by atoms with E-state index in [2.05, 4.69) is 4.72 Å². The summed E-state index contributed by atoms with van der Waals surface area (Å²) in [7, 11) is -3.62. The Morgan fingerprint density at radius 1 is 1.04 bits per heavy atom. The Morgan fingerprint density at radius 2 is 1.75 bits per heavy atom. The van der Waals surface area contributed by atoms with Crippen LogP contribution in [-0.4, -0.2) is 25.1 Å². The van der Waals surface area contributed by atoms with Crippen molar-refractivity contribution in [2.75, 3.05) is 0 Å². The fourth-order valence-electron chi connectivity index (χ4n) is 3.00. The van der Waals surface area contributed by atoms with Crippen molar-refractivity contribution in [2.24, 2.45) is 5.73 Å². The Labute approximate surface area is 141 Å². The molecule has 2 unspecified atom stereocenters. The standard InChI is InChI=1S/C17H21N3O3S/c18-15-5-1-2-6-16(15)19-24(22,23)14-10-8-13(9-11-14)20-12-4-3-7-17(20)21/h3-4,7-12,15-16,19H,1-2,5-6,18H2. The van der Waals surface area contributed by atoms with Gasteiger partial charge in [-0.3, -0.25) is 9.36 Å². The third-order valence-electron chi connectivity index (χ3n) is 4.37. The molecule has 0 radical (unpaired) electrons. The van der Waals surface area contributed by atoms with Gasteiger partial charge in [0, 0.05) is 30.0 Å². The fourth-order valence-corrected chi connectivity index (χ4v) is 4.32. The van der Waals surface area contributed by atoms with Crippen molar-refractivity contribution < 1.29 is 8.42 Å². The summed E-state index contributed by atoms with van der Waals surface area (Å²) in [6.07, 6.45) is 5.27. The molecule has 0 spiro atoms. The zero-order valence-corrected chi connectivity index (χ0v) is 14.1. The molecule has 1 aliphatic rings. The van der Waals surface area contributed by atoms with Crippen LogP contribution in [0.4, 0.5) is 0 Å². The third-order valence-corrected chi connectivity index (χ3v) is 5.88. The molecule has 128 valence electrons. The fraction of sp³-hybridized carbons (Fsp3) is 0.353. The highest BCUT2D eigenvalue weighted by Gasteiger charge is 2.27. The van der Waals surface area contributed by atoms with Gasteiger partial charge in [0.15, 0.2) is 0 Å². The number of nitrogens with two attached hydrogens (primary N) is 1. The number of rotatable bonds is 4. The van der Waals surface area contributed by atoms with Crippen LogP contribution in [0, 0.1) is 0 Å². The first-order valence-electron chi connectivity index (χ1n) is 8.03. The number of aromatic nitrogens is 1. The van der Waals surface area contributed by atoms with Gasteiger partial charge in [0.2, 0.25) is 10.0 Å². The maximum Gasteiger partial charge on any atom is 0.255 e. The van der Waals surface area contributed by atoms with Crippen molar-refractivity contribution >= 4 is 10.0 Å². The molecular weight excluding hydrogens is 326 g/mol. The highest BCUT2D eigenvalue weighted by atomic mass is 32.2. The van der Waals surface area contributed by atoms with Gasteiger partial charge < -0.3 is 5.73 Å². The topological polar surface area (TPSA) is 94.2 Å². The minimum Gasteiger partial charge on any atom is -0.326 e. The van der Waals surface area contributed by atoms with Crippen molar-refractivity contribution in [2.45, 2.75) is 42.7 Å². The third kappa shape index (κ3) is 3.58. The maximum absolute atomic E-state index is 12.5. The second-order valence-corrected chi connectivity index (χ2v) is 7.79. The van der Waals surface area contributed by atoms with E-state index in [1.807, 2.05) is 0 Å². The number of benzene rings is 1. The predicted molar refractivity (Wildman–Crippen MR) is 92.6 cm³/mol. The van der Waals surface area contributed by atoms with Gasteiger partial charge in [0.1, 0.15) is 0 Å². The summed E-state index contributed by atoms with van der Waals surface area (Å²) < 4.78 is 29.2. The summed E-state index contributed by atoms with van der Waals surface area (Å²) in [6, 6.07) is 10.8. The molecule has 0 bridgehead atoms. The van der Waals surface area contributed by atoms with Crippen LogP contribution < -0.4 is 16.0 Å². The summed E-state index contributed by atoms with van der Waals surface area (Å²) in [4.78, 5) is 12.0. The van der Waals surface area contributed by atoms with Crippen LogP contribution in [0.15, 0.2) is 58.4 Å². The average molecular weight is 347 g/mol. The number of hydrogen-bond donors (Lipinski definition) is 2. The summed E-state index contributed by atoms with van der Waals surface area (Å²) in [5, 5.41) is 0. The normalized spacial score (nSPS) is 21.5. The first kappa shape index (κ1) is 16.9. The lowest BCUT2D eigenvalue weighted by atomic mass is 9.92. The summed E-state index contributed by atoms with van der Waals surface area (Å²) in [5.74, 6) is 0. The van der Waals surface area contributed by atoms with Crippen molar-refractivity contribution in [3.8, 4) is 5.69 Å². The van der Waals surface area contributed by atoms with Crippen molar-refractivity contribution in [3.63, 3.8) is 0 Å². The van der Waals surface area contributed by atoms with Gasteiger partial charge in [-0.15, -0.1) is 0 Å². The van der Waals surface area contributed by atoms with E-state index >= 15 is 0 Å². The van der Waals surface area contributed by atoms with Crippen LogP contribution in [0.5, 0.6) is 0 Å². The molecule has 1 aromatic heterocycles. The predicted octanol–water partition coefficient (Wildman–Crippen LogP) is 1.39. The molecule has 3 rings (SSSR count). The summed E-state index contributed by atoms with van der Waals surface area (Å²) in [6.45, 7) is 0. The molecule has 2 atom stereocenters. The van der Waals surface area contributed by atoms with Gasteiger partial charge in [-0.2, -0.15) is 0 Å². The number of nitrogens with one attached hydrogen (secondary N) is 1. The molecule has 1 aliphatic carbocycles. The Balaban J connectivity index is 1.82. The van der Waals surface area contributed by atoms with E-state index in [0.29, 0.717) is 5.69 Å². The van der Waals surface area contributed by atoms with Crippen LogP contribution in [0.25, 0.3) is 5.69 Å². The maximum atomic E-state index is 12.5. The molecular formula is C17H21N3O3S. The summed E-state index contributed by atoms with van der Waals surface area (Å²) in [5.41, 5.74) is 6.47. The minimum absolute atomic E-state index is 0.143. The first-order valence-corrected chi connectivity index (χ1v) is 9.52. The van der Waals surface area contributed by atoms with Crippen molar-refractivity contribution in [3.05, 3.63) is 59.0 Å². The first-order chi connectivity index (χ1) is 11.5. The molecule has 24 heavy (non-hydrogen) atoms. The van der Waals surface area contributed by atoms with E-state index in [1.165, 1.54) is 22.8 Å². The summed E-state index contributed by atoms with van der Waals surface area (Å²) >= 11 is 0. The highest BCUT2D eigenvalue weighted by Crippen LogP contribution is 2.20. The molecule has 1 heterocycles. The molecule has 0 amide bonds. The number of pyridine rings is 1. The number of sulfonamides is 1. The molecule has 0 aliphatic heterocycles. The van der Waals surface area contributed by atoms with Crippen molar-refractivity contribution in [1.82, 2.24) is 9.29 Å². The van der Waals surface area contributed by atoms with Crippen LogP contribution >= 0.6 is 0 Å². The van der Waals surface area contributed by atoms with E-state index in [4.69, 9.17) is 5.73 Å². The van der Waals surface area contributed by atoms with Gasteiger partial charge in [0.25, 0.3) is 5.56 Å². The van der Waals surface area contributed by atoms with Gasteiger partial charge in [0.05, 0.1) is 4.90 Å². The SMILES string of the molecule is NC1CCCCC1NS(=O)(=O)c1ccc(-n2ccccc2=O)cc1. The number of hydrogen-bond acceptors (Lipinski definition) is 4. The van der Waals surface area contributed by atoms with E-state index in [0.717, 1.165) is 25.7 Å². The lowest BCUT2D eigenvalue weighted by Crippen LogP contribution is -2.49.